The molecule has 1 heterocycles. The summed E-state index contributed by atoms with van der Waals surface area (Å²) >= 11 is 5.70. The molecule has 0 spiro atoms. The van der Waals surface area contributed by atoms with Crippen molar-refractivity contribution in [2.24, 2.45) is 0 Å². The molecule has 2 nitrogen and oxygen atoms in total. The van der Waals surface area contributed by atoms with Crippen LogP contribution in [0.3, 0.4) is 0 Å². The lowest BCUT2D eigenvalue weighted by molar-refractivity contribution is 1.24. The number of aromatic amines is 1. The summed E-state index contributed by atoms with van der Waals surface area (Å²) in [7, 11) is 0. The average molecular weight is 191 g/mol. The summed E-state index contributed by atoms with van der Waals surface area (Å²) in [5.41, 5.74) is 2.42. The fraction of sp³-hybridized carbons (Fsp3) is 0.100. The van der Waals surface area contributed by atoms with E-state index in [1.54, 1.807) is 0 Å². The van der Waals surface area contributed by atoms with Crippen LogP contribution in [0, 0.1) is 11.3 Å². The fourth-order valence-electron chi connectivity index (χ4n) is 1.43. The van der Waals surface area contributed by atoms with Gasteiger partial charge in [0.2, 0.25) is 0 Å². The average Bonchev–Trinajstić information content (AvgIpc) is 2.55. The highest BCUT2D eigenvalue weighted by Crippen LogP contribution is 2.22. The van der Waals surface area contributed by atoms with E-state index in [2.05, 4.69) is 11.1 Å². The number of alkyl halides is 1. The molecular formula is C10H7ClN2. The highest BCUT2D eigenvalue weighted by molar-refractivity contribution is 6.17. The number of hydrogen-bond acceptors (Lipinski definition) is 1. The van der Waals surface area contributed by atoms with E-state index in [0.29, 0.717) is 11.4 Å². The highest BCUT2D eigenvalue weighted by Gasteiger charge is 2.08. The van der Waals surface area contributed by atoms with Crippen LogP contribution < -0.4 is 0 Å². The number of benzene rings is 1. The largest absolute Gasteiger partial charge is 0.356 e. The van der Waals surface area contributed by atoms with Crippen molar-refractivity contribution in [2.45, 2.75) is 5.88 Å². The predicted molar refractivity (Wildman–Crippen MR) is 52.6 cm³/mol. The van der Waals surface area contributed by atoms with E-state index in [4.69, 9.17) is 16.9 Å². The lowest BCUT2D eigenvalue weighted by Crippen LogP contribution is -1.80. The molecule has 0 bridgehead atoms. The molecule has 64 valence electrons. The lowest BCUT2D eigenvalue weighted by atomic mass is 10.1. The summed E-state index contributed by atoms with van der Waals surface area (Å²) in [5.74, 6) is 0.345. The molecule has 1 N–H and O–H groups in total. The Labute approximate surface area is 80.7 Å². The smallest absolute Gasteiger partial charge is 0.102 e. The highest BCUT2D eigenvalue weighted by atomic mass is 35.5. The summed E-state index contributed by atoms with van der Waals surface area (Å²) in [6, 6.07) is 9.85. The zero-order valence-corrected chi connectivity index (χ0v) is 7.60. The quantitative estimate of drug-likeness (QED) is 0.691. The van der Waals surface area contributed by atoms with Gasteiger partial charge in [-0.2, -0.15) is 5.26 Å². The molecule has 0 amide bonds. The van der Waals surface area contributed by atoms with Crippen molar-refractivity contribution in [3.63, 3.8) is 0 Å². The first-order valence-corrected chi connectivity index (χ1v) is 4.46. The summed E-state index contributed by atoms with van der Waals surface area (Å²) in [6.45, 7) is 0. The third-order valence-electron chi connectivity index (χ3n) is 2.03. The molecule has 0 aliphatic carbocycles. The van der Waals surface area contributed by atoms with E-state index >= 15 is 0 Å². The minimum Gasteiger partial charge on any atom is -0.356 e. The Kier molecular flexibility index (Phi) is 1.96. The molecule has 0 unspecified atom stereocenters. The molecule has 0 aliphatic heterocycles. The molecule has 2 rings (SSSR count). The van der Waals surface area contributed by atoms with Crippen LogP contribution in [-0.2, 0) is 5.88 Å². The predicted octanol–water partition coefficient (Wildman–Crippen LogP) is 2.78. The van der Waals surface area contributed by atoms with Crippen molar-refractivity contribution in [2.75, 3.05) is 0 Å². The molecule has 3 heteroatoms. The van der Waals surface area contributed by atoms with Crippen LogP contribution in [-0.4, -0.2) is 4.98 Å². The minimum absolute atomic E-state index is 0.345. The van der Waals surface area contributed by atoms with E-state index in [1.807, 2.05) is 24.3 Å². The number of fused-ring (bicyclic) bond motifs is 1. The van der Waals surface area contributed by atoms with Gasteiger partial charge in [-0.15, -0.1) is 11.6 Å². The van der Waals surface area contributed by atoms with Gasteiger partial charge >= 0.3 is 0 Å². The summed E-state index contributed by atoms with van der Waals surface area (Å²) < 4.78 is 0. The Morgan fingerprint density at radius 2 is 2.15 bits per heavy atom. The Bertz CT molecular complexity index is 479. The topological polar surface area (TPSA) is 39.6 Å². The second-order valence-electron chi connectivity index (χ2n) is 2.77. The van der Waals surface area contributed by atoms with Gasteiger partial charge < -0.3 is 4.98 Å². The summed E-state index contributed by atoms with van der Waals surface area (Å²) in [5, 5.41) is 9.85. The summed E-state index contributed by atoms with van der Waals surface area (Å²) in [6.07, 6.45) is 0. The number of nitrogens with zero attached hydrogens (tertiary/aromatic N) is 1. The van der Waals surface area contributed by atoms with Crippen LogP contribution in [0.25, 0.3) is 10.9 Å². The molecule has 0 aliphatic rings. The molecule has 0 saturated carbocycles. The van der Waals surface area contributed by atoms with Crippen LogP contribution in [0.2, 0.25) is 0 Å². The maximum absolute atomic E-state index is 8.91. The maximum Gasteiger partial charge on any atom is 0.102 e. The van der Waals surface area contributed by atoms with Gasteiger partial charge in [0.1, 0.15) is 6.07 Å². The van der Waals surface area contributed by atoms with Crippen LogP contribution in [0.15, 0.2) is 24.3 Å². The van der Waals surface area contributed by atoms with Gasteiger partial charge in [0.05, 0.1) is 11.4 Å². The number of H-pyrrole nitrogens is 1. The molecule has 0 saturated heterocycles. The van der Waals surface area contributed by atoms with Crippen LogP contribution in [0.5, 0.6) is 0 Å². The van der Waals surface area contributed by atoms with E-state index in [-0.39, 0.29) is 0 Å². The van der Waals surface area contributed by atoms with Crippen LogP contribution in [0.1, 0.15) is 11.3 Å². The van der Waals surface area contributed by atoms with Crippen molar-refractivity contribution in [3.8, 4) is 6.07 Å². The van der Waals surface area contributed by atoms with E-state index < -0.39 is 0 Å². The maximum atomic E-state index is 8.91. The first-order valence-electron chi connectivity index (χ1n) is 3.92. The number of nitrogens with one attached hydrogen (secondary N) is 1. The van der Waals surface area contributed by atoms with Crippen molar-refractivity contribution >= 4 is 22.5 Å². The molecule has 1 aromatic heterocycles. The van der Waals surface area contributed by atoms with Gasteiger partial charge in [0.25, 0.3) is 0 Å². The minimum atomic E-state index is 0.345. The number of aromatic nitrogens is 1. The third-order valence-corrected chi connectivity index (χ3v) is 2.30. The van der Waals surface area contributed by atoms with Crippen LogP contribution in [0.4, 0.5) is 0 Å². The Hall–Kier alpha value is -1.46. The van der Waals surface area contributed by atoms with Gasteiger partial charge in [-0.05, 0) is 6.07 Å². The SMILES string of the molecule is N#Cc1c(CCl)[nH]c2ccccc12. The van der Waals surface area contributed by atoms with E-state index in [0.717, 1.165) is 16.6 Å². The molecule has 2 aromatic rings. The number of nitriles is 1. The first kappa shape index (κ1) is 8.15. The molecule has 0 fully saturated rings. The van der Waals surface area contributed by atoms with Gasteiger partial charge in [-0.1, -0.05) is 18.2 Å². The second kappa shape index (κ2) is 3.12. The summed E-state index contributed by atoms with van der Waals surface area (Å²) in [4.78, 5) is 3.11. The number of para-hydroxylation sites is 1. The zero-order chi connectivity index (χ0) is 9.26. The second-order valence-corrected chi connectivity index (χ2v) is 3.04. The standard InChI is InChI=1S/C10H7ClN2/c11-5-10-8(6-12)7-3-1-2-4-9(7)13-10/h1-4,13H,5H2. The van der Waals surface area contributed by atoms with Crippen molar-refractivity contribution in [1.82, 2.24) is 4.98 Å². The first-order chi connectivity index (χ1) is 6.36. The van der Waals surface area contributed by atoms with Crippen molar-refractivity contribution in [1.29, 1.82) is 5.26 Å². The van der Waals surface area contributed by atoms with Crippen molar-refractivity contribution < 1.29 is 0 Å². The molecule has 1 aromatic carbocycles. The number of hydrogen-bond donors (Lipinski definition) is 1. The van der Waals surface area contributed by atoms with Gasteiger partial charge in [0.15, 0.2) is 0 Å². The molecule has 13 heavy (non-hydrogen) atoms. The third kappa shape index (κ3) is 1.18. The Balaban J connectivity index is 2.83. The molecule has 0 radical (unpaired) electrons. The lowest BCUT2D eigenvalue weighted by Gasteiger charge is -1.87. The monoisotopic (exact) mass is 190 g/mol. The normalized spacial score (nSPS) is 10.2. The molecular weight excluding hydrogens is 184 g/mol. The van der Waals surface area contributed by atoms with Crippen LogP contribution >= 0.6 is 11.6 Å². The van der Waals surface area contributed by atoms with Crippen molar-refractivity contribution in [3.05, 3.63) is 35.5 Å². The zero-order valence-electron chi connectivity index (χ0n) is 6.84. The van der Waals surface area contributed by atoms with Gasteiger partial charge in [-0.3, -0.25) is 0 Å². The van der Waals surface area contributed by atoms with E-state index in [9.17, 15) is 0 Å². The van der Waals surface area contributed by atoms with Gasteiger partial charge in [-0.25, -0.2) is 0 Å². The number of rotatable bonds is 1. The fourth-order valence-corrected chi connectivity index (χ4v) is 1.63. The number of halogens is 1. The Morgan fingerprint density at radius 1 is 1.38 bits per heavy atom. The van der Waals surface area contributed by atoms with E-state index in [1.165, 1.54) is 0 Å². The Morgan fingerprint density at radius 3 is 2.85 bits per heavy atom. The molecule has 0 atom stereocenters. The van der Waals surface area contributed by atoms with Gasteiger partial charge in [0, 0.05) is 16.6 Å².